The van der Waals surface area contributed by atoms with Crippen LogP contribution in [0, 0.1) is 0 Å². The number of halogens is 1. The number of pyridine rings is 2. The summed E-state index contributed by atoms with van der Waals surface area (Å²) in [6, 6.07) is 12.7. The molecule has 0 aliphatic heterocycles. The standard InChI is InChI=1S/C17H14ClN3OS/c1-2-23-16-8-7-11(10-19-16)20-17(22)13-9-15(18)21-14-6-4-3-5-12(13)14/h3-10H,2H2,1H3,(H,20,22). The SMILES string of the molecule is CCSc1ccc(NC(=O)c2cc(Cl)nc3ccccc23)cn1. The van der Waals surface area contributed by atoms with Crippen LogP contribution in [0.3, 0.4) is 0 Å². The molecule has 0 fully saturated rings. The second-order valence-corrected chi connectivity index (χ2v) is 6.45. The van der Waals surface area contributed by atoms with Crippen molar-refractivity contribution in [2.24, 2.45) is 0 Å². The lowest BCUT2D eigenvalue weighted by Gasteiger charge is -2.08. The van der Waals surface area contributed by atoms with Crippen molar-refractivity contribution in [3.63, 3.8) is 0 Å². The van der Waals surface area contributed by atoms with Gasteiger partial charge in [-0.05, 0) is 30.0 Å². The third kappa shape index (κ3) is 3.63. The first-order valence-corrected chi connectivity index (χ1v) is 8.49. The van der Waals surface area contributed by atoms with Crippen LogP contribution in [0.15, 0.2) is 53.7 Å². The van der Waals surface area contributed by atoms with E-state index < -0.39 is 0 Å². The molecule has 0 saturated carbocycles. The number of carbonyl (C=O) groups is 1. The summed E-state index contributed by atoms with van der Waals surface area (Å²) < 4.78 is 0. The lowest BCUT2D eigenvalue weighted by atomic mass is 10.1. The van der Waals surface area contributed by atoms with Gasteiger partial charge in [-0.15, -0.1) is 11.8 Å². The van der Waals surface area contributed by atoms with E-state index in [9.17, 15) is 4.79 Å². The van der Waals surface area contributed by atoms with Gasteiger partial charge in [-0.2, -0.15) is 0 Å². The highest BCUT2D eigenvalue weighted by Crippen LogP contribution is 2.22. The second-order valence-electron chi connectivity index (χ2n) is 4.78. The molecule has 0 saturated heterocycles. The van der Waals surface area contributed by atoms with Crippen LogP contribution in [0.4, 0.5) is 5.69 Å². The predicted molar refractivity (Wildman–Crippen MR) is 95.3 cm³/mol. The van der Waals surface area contributed by atoms with E-state index in [0.29, 0.717) is 21.9 Å². The molecule has 4 nitrogen and oxygen atoms in total. The summed E-state index contributed by atoms with van der Waals surface area (Å²) in [6.45, 7) is 2.07. The topological polar surface area (TPSA) is 54.9 Å². The maximum absolute atomic E-state index is 12.6. The fraction of sp³-hybridized carbons (Fsp3) is 0.118. The minimum atomic E-state index is -0.233. The minimum Gasteiger partial charge on any atom is -0.321 e. The Morgan fingerprint density at radius 2 is 2.09 bits per heavy atom. The average molecular weight is 344 g/mol. The molecule has 0 aliphatic rings. The number of rotatable bonds is 4. The molecule has 3 aromatic rings. The third-order valence-electron chi connectivity index (χ3n) is 3.22. The summed E-state index contributed by atoms with van der Waals surface area (Å²) in [5.41, 5.74) is 1.83. The van der Waals surface area contributed by atoms with E-state index in [1.165, 1.54) is 0 Å². The van der Waals surface area contributed by atoms with Crippen molar-refractivity contribution in [2.45, 2.75) is 11.9 Å². The van der Waals surface area contributed by atoms with Gasteiger partial charge in [0.05, 0.1) is 28.0 Å². The third-order valence-corrected chi connectivity index (χ3v) is 4.24. The molecule has 6 heteroatoms. The van der Waals surface area contributed by atoms with Crippen LogP contribution in [0.25, 0.3) is 10.9 Å². The first-order valence-electron chi connectivity index (χ1n) is 7.13. The van der Waals surface area contributed by atoms with Crippen molar-refractivity contribution in [2.75, 3.05) is 11.1 Å². The first-order chi connectivity index (χ1) is 11.2. The normalized spacial score (nSPS) is 10.7. The number of aromatic nitrogens is 2. The lowest BCUT2D eigenvalue weighted by Crippen LogP contribution is -2.13. The minimum absolute atomic E-state index is 0.233. The highest BCUT2D eigenvalue weighted by Gasteiger charge is 2.12. The maximum atomic E-state index is 12.6. The van der Waals surface area contributed by atoms with E-state index in [1.807, 2.05) is 36.4 Å². The molecule has 0 aliphatic carbocycles. The van der Waals surface area contributed by atoms with Crippen LogP contribution < -0.4 is 5.32 Å². The fourth-order valence-electron chi connectivity index (χ4n) is 2.22. The molecule has 1 amide bonds. The van der Waals surface area contributed by atoms with E-state index in [4.69, 9.17) is 11.6 Å². The quantitative estimate of drug-likeness (QED) is 0.553. The Balaban J connectivity index is 1.88. The van der Waals surface area contributed by atoms with Gasteiger partial charge >= 0.3 is 0 Å². The van der Waals surface area contributed by atoms with Crippen molar-refractivity contribution >= 4 is 45.9 Å². The summed E-state index contributed by atoms with van der Waals surface area (Å²) in [6.07, 6.45) is 1.65. The van der Waals surface area contributed by atoms with Gasteiger partial charge in [0.25, 0.3) is 5.91 Å². The summed E-state index contributed by atoms with van der Waals surface area (Å²) in [7, 11) is 0. The van der Waals surface area contributed by atoms with Crippen molar-refractivity contribution in [3.05, 3.63) is 59.4 Å². The van der Waals surface area contributed by atoms with E-state index in [1.54, 1.807) is 24.0 Å². The van der Waals surface area contributed by atoms with Crippen molar-refractivity contribution in [1.82, 2.24) is 9.97 Å². The number of nitrogens with zero attached hydrogens (tertiary/aromatic N) is 2. The van der Waals surface area contributed by atoms with E-state index >= 15 is 0 Å². The van der Waals surface area contributed by atoms with Crippen molar-refractivity contribution < 1.29 is 4.79 Å². The Morgan fingerprint density at radius 1 is 1.26 bits per heavy atom. The number of amides is 1. The maximum Gasteiger partial charge on any atom is 0.256 e. The Labute approximate surface area is 143 Å². The molecule has 0 radical (unpaired) electrons. The van der Waals surface area contributed by atoms with E-state index in [2.05, 4.69) is 22.2 Å². The Kier molecular flexibility index (Phi) is 4.79. The number of carbonyl (C=O) groups excluding carboxylic acids is 1. The second kappa shape index (κ2) is 6.98. The molecule has 0 unspecified atom stereocenters. The van der Waals surface area contributed by atoms with Crippen LogP contribution in [0.1, 0.15) is 17.3 Å². The number of fused-ring (bicyclic) bond motifs is 1. The number of para-hydroxylation sites is 1. The van der Waals surface area contributed by atoms with Crippen LogP contribution in [0.2, 0.25) is 5.15 Å². The van der Waals surface area contributed by atoms with E-state index in [-0.39, 0.29) is 5.91 Å². The van der Waals surface area contributed by atoms with Gasteiger partial charge in [0, 0.05) is 5.39 Å². The molecule has 2 heterocycles. The molecule has 2 aromatic heterocycles. The van der Waals surface area contributed by atoms with Crippen LogP contribution in [0.5, 0.6) is 0 Å². The number of benzene rings is 1. The molecular weight excluding hydrogens is 330 g/mol. The van der Waals surface area contributed by atoms with Gasteiger partial charge in [-0.1, -0.05) is 36.7 Å². The van der Waals surface area contributed by atoms with Crippen LogP contribution in [-0.4, -0.2) is 21.6 Å². The number of hydrogen-bond acceptors (Lipinski definition) is 4. The molecule has 3 rings (SSSR count). The fourth-order valence-corrected chi connectivity index (χ4v) is 3.00. The zero-order chi connectivity index (χ0) is 16.2. The first kappa shape index (κ1) is 15.8. The van der Waals surface area contributed by atoms with Crippen LogP contribution >= 0.6 is 23.4 Å². The number of anilines is 1. The zero-order valence-corrected chi connectivity index (χ0v) is 14.0. The predicted octanol–water partition coefficient (Wildman–Crippen LogP) is 4.65. The molecule has 1 aromatic carbocycles. The van der Waals surface area contributed by atoms with Gasteiger partial charge in [-0.25, -0.2) is 9.97 Å². The van der Waals surface area contributed by atoms with Gasteiger partial charge in [0.1, 0.15) is 5.15 Å². The Hall–Kier alpha value is -2.11. The van der Waals surface area contributed by atoms with E-state index in [0.717, 1.165) is 16.2 Å². The number of nitrogens with one attached hydrogen (secondary N) is 1. The Bertz CT molecular complexity index is 852. The van der Waals surface area contributed by atoms with Crippen LogP contribution in [-0.2, 0) is 0 Å². The Morgan fingerprint density at radius 3 is 2.83 bits per heavy atom. The van der Waals surface area contributed by atoms with Crippen molar-refractivity contribution in [3.8, 4) is 0 Å². The molecule has 116 valence electrons. The van der Waals surface area contributed by atoms with Gasteiger partial charge in [0.2, 0.25) is 0 Å². The van der Waals surface area contributed by atoms with Gasteiger partial charge in [-0.3, -0.25) is 4.79 Å². The molecular formula is C17H14ClN3OS. The summed E-state index contributed by atoms with van der Waals surface area (Å²) in [5.74, 6) is 0.725. The molecule has 23 heavy (non-hydrogen) atoms. The average Bonchev–Trinajstić information content (AvgIpc) is 2.56. The van der Waals surface area contributed by atoms with Crippen molar-refractivity contribution in [1.29, 1.82) is 0 Å². The molecule has 1 N–H and O–H groups in total. The summed E-state index contributed by atoms with van der Waals surface area (Å²) in [4.78, 5) is 21.1. The largest absolute Gasteiger partial charge is 0.321 e. The monoisotopic (exact) mass is 343 g/mol. The van der Waals surface area contributed by atoms with Gasteiger partial charge < -0.3 is 5.32 Å². The number of thioether (sulfide) groups is 1. The highest BCUT2D eigenvalue weighted by molar-refractivity contribution is 7.99. The summed E-state index contributed by atoms with van der Waals surface area (Å²) in [5, 5.41) is 4.84. The lowest BCUT2D eigenvalue weighted by molar-refractivity contribution is 0.102. The molecule has 0 atom stereocenters. The van der Waals surface area contributed by atoms with Gasteiger partial charge in [0.15, 0.2) is 0 Å². The number of hydrogen-bond donors (Lipinski definition) is 1. The molecule has 0 spiro atoms. The highest BCUT2D eigenvalue weighted by atomic mass is 35.5. The molecule has 0 bridgehead atoms. The summed E-state index contributed by atoms with van der Waals surface area (Å²) >= 11 is 7.67. The smallest absolute Gasteiger partial charge is 0.256 e. The zero-order valence-electron chi connectivity index (χ0n) is 12.4.